The van der Waals surface area contributed by atoms with Gasteiger partial charge in [-0.15, -0.1) is 0 Å². The molecule has 1 aliphatic rings. The summed E-state index contributed by atoms with van der Waals surface area (Å²) in [7, 11) is 0. The number of benzene rings is 1. The van der Waals surface area contributed by atoms with Gasteiger partial charge in [0.1, 0.15) is 6.07 Å². The van der Waals surface area contributed by atoms with Gasteiger partial charge in [0, 0.05) is 13.1 Å². The van der Waals surface area contributed by atoms with Crippen LogP contribution in [-0.2, 0) is 4.79 Å². The summed E-state index contributed by atoms with van der Waals surface area (Å²) < 4.78 is 0. The first kappa shape index (κ1) is 15.3. The molecule has 0 atom stereocenters. The smallest absolute Gasteiger partial charge is 0.285 e. The van der Waals surface area contributed by atoms with Crippen molar-refractivity contribution >= 4 is 28.9 Å². The number of hydrazone groups is 1. The minimum atomic E-state index is -0.320. The van der Waals surface area contributed by atoms with E-state index in [0.29, 0.717) is 23.8 Å². The number of carbonyl (C=O) groups excluding carboxylic acids is 1. The molecule has 6 heteroatoms. The van der Waals surface area contributed by atoms with Crippen molar-refractivity contribution in [3.8, 4) is 6.07 Å². The van der Waals surface area contributed by atoms with E-state index in [9.17, 15) is 4.79 Å². The van der Waals surface area contributed by atoms with Crippen LogP contribution in [0.5, 0.6) is 0 Å². The number of halogens is 1. The van der Waals surface area contributed by atoms with Crippen molar-refractivity contribution in [2.24, 2.45) is 5.10 Å². The fourth-order valence-electron chi connectivity index (χ4n) is 2.21. The molecule has 0 unspecified atom stereocenters. The number of rotatable bonds is 3. The minimum absolute atomic E-state index is 0.142. The Balaban J connectivity index is 2.08. The largest absolute Gasteiger partial charge is 0.337 e. The maximum atomic E-state index is 12.3. The Kier molecular flexibility index (Phi) is 5.59. The molecular formula is C15H17ClN4O. The van der Waals surface area contributed by atoms with E-state index in [1.807, 2.05) is 6.07 Å². The molecule has 0 saturated carbocycles. The number of nitrogens with zero attached hydrogens (tertiary/aromatic N) is 3. The molecule has 0 aromatic heterocycles. The number of anilines is 1. The Hall–Kier alpha value is -2.06. The highest BCUT2D eigenvalue weighted by molar-refractivity contribution is 6.45. The number of hydrogen-bond acceptors (Lipinski definition) is 4. The van der Waals surface area contributed by atoms with Crippen LogP contribution in [0, 0.1) is 11.3 Å². The summed E-state index contributed by atoms with van der Waals surface area (Å²) in [5.74, 6) is -0.320. The molecule has 1 aromatic carbocycles. The Morgan fingerprint density at radius 1 is 1.24 bits per heavy atom. The Morgan fingerprint density at radius 2 is 1.90 bits per heavy atom. The van der Waals surface area contributed by atoms with Crippen LogP contribution in [0.15, 0.2) is 29.4 Å². The fraction of sp³-hybridized carbons (Fsp3) is 0.400. The normalized spacial score (nSPS) is 16.0. The van der Waals surface area contributed by atoms with E-state index in [-0.39, 0.29) is 11.6 Å². The summed E-state index contributed by atoms with van der Waals surface area (Å²) in [6, 6.07) is 8.90. The second-order valence-corrected chi connectivity index (χ2v) is 5.28. The van der Waals surface area contributed by atoms with E-state index < -0.39 is 0 Å². The molecule has 1 fully saturated rings. The topological polar surface area (TPSA) is 68.5 Å². The van der Waals surface area contributed by atoms with Crippen LogP contribution in [0.1, 0.15) is 25.7 Å². The van der Waals surface area contributed by atoms with E-state index in [1.165, 1.54) is 0 Å². The molecule has 0 aliphatic carbocycles. The third-order valence-corrected chi connectivity index (χ3v) is 3.69. The van der Waals surface area contributed by atoms with E-state index in [4.69, 9.17) is 16.9 Å². The van der Waals surface area contributed by atoms with Gasteiger partial charge in [-0.3, -0.25) is 10.2 Å². The lowest BCUT2D eigenvalue weighted by Crippen LogP contribution is -2.37. The highest BCUT2D eigenvalue weighted by Crippen LogP contribution is 2.20. The SMILES string of the molecule is N#C/C(=N/Nc1ccccc1Cl)C(=O)N1CCCCCC1. The molecule has 1 aliphatic heterocycles. The third-order valence-electron chi connectivity index (χ3n) is 3.36. The zero-order valence-corrected chi connectivity index (χ0v) is 12.4. The predicted octanol–water partition coefficient (Wildman–Crippen LogP) is 3.03. The van der Waals surface area contributed by atoms with Crippen molar-refractivity contribution in [3.05, 3.63) is 29.3 Å². The van der Waals surface area contributed by atoms with Gasteiger partial charge in [-0.2, -0.15) is 10.4 Å². The van der Waals surface area contributed by atoms with Gasteiger partial charge in [0.05, 0.1) is 10.7 Å². The molecule has 110 valence electrons. The maximum absolute atomic E-state index is 12.3. The lowest BCUT2D eigenvalue weighted by molar-refractivity contribution is -0.123. The summed E-state index contributed by atoms with van der Waals surface area (Å²) in [5, 5.41) is 13.5. The Labute approximate surface area is 129 Å². The van der Waals surface area contributed by atoms with Crippen molar-refractivity contribution in [2.75, 3.05) is 18.5 Å². The molecule has 1 N–H and O–H groups in total. The van der Waals surface area contributed by atoms with Crippen molar-refractivity contribution in [1.29, 1.82) is 5.26 Å². The molecule has 2 rings (SSSR count). The number of para-hydroxylation sites is 1. The fourth-order valence-corrected chi connectivity index (χ4v) is 2.39. The molecule has 1 heterocycles. The van der Waals surface area contributed by atoms with Crippen LogP contribution in [0.3, 0.4) is 0 Å². The van der Waals surface area contributed by atoms with Gasteiger partial charge in [-0.1, -0.05) is 36.6 Å². The quantitative estimate of drug-likeness (QED) is 0.689. The molecule has 0 bridgehead atoms. The zero-order valence-electron chi connectivity index (χ0n) is 11.7. The van der Waals surface area contributed by atoms with Gasteiger partial charge < -0.3 is 4.90 Å². The summed E-state index contributed by atoms with van der Waals surface area (Å²) in [5.41, 5.74) is 3.11. The van der Waals surface area contributed by atoms with Crippen molar-refractivity contribution < 1.29 is 4.79 Å². The lowest BCUT2D eigenvalue weighted by atomic mass is 10.2. The van der Waals surface area contributed by atoms with Crippen LogP contribution in [0.2, 0.25) is 5.02 Å². The molecular weight excluding hydrogens is 288 g/mol. The molecule has 1 amide bonds. The van der Waals surface area contributed by atoms with Crippen LogP contribution < -0.4 is 5.43 Å². The van der Waals surface area contributed by atoms with Crippen molar-refractivity contribution in [1.82, 2.24) is 4.90 Å². The molecule has 21 heavy (non-hydrogen) atoms. The summed E-state index contributed by atoms with van der Waals surface area (Å²) in [6.45, 7) is 1.37. The van der Waals surface area contributed by atoms with Crippen LogP contribution in [0.4, 0.5) is 5.69 Å². The van der Waals surface area contributed by atoms with Gasteiger partial charge in [-0.05, 0) is 25.0 Å². The second-order valence-electron chi connectivity index (χ2n) is 4.87. The predicted molar refractivity (Wildman–Crippen MR) is 83.2 cm³/mol. The van der Waals surface area contributed by atoms with Gasteiger partial charge in [0.2, 0.25) is 5.71 Å². The second kappa shape index (κ2) is 7.65. The maximum Gasteiger partial charge on any atom is 0.285 e. The van der Waals surface area contributed by atoms with Crippen molar-refractivity contribution in [3.63, 3.8) is 0 Å². The van der Waals surface area contributed by atoms with Gasteiger partial charge in [0.15, 0.2) is 0 Å². The van der Waals surface area contributed by atoms with E-state index >= 15 is 0 Å². The standard InChI is InChI=1S/C15H17ClN4O/c16-12-7-3-4-8-13(12)18-19-14(11-17)15(21)20-9-5-1-2-6-10-20/h3-4,7-8,18H,1-2,5-6,9-10H2/b19-14-. The van der Waals surface area contributed by atoms with E-state index in [0.717, 1.165) is 25.7 Å². The number of nitriles is 1. The molecule has 1 saturated heterocycles. The Bertz CT molecular complexity index is 571. The molecule has 0 spiro atoms. The van der Waals surface area contributed by atoms with E-state index in [1.54, 1.807) is 29.2 Å². The monoisotopic (exact) mass is 304 g/mol. The average molecular weight is 305 g/mol. The first-order valence-corrected chi connectivity index (χ1v) is 7.38. The molecule has 0 radical (unpaired) electrons. The van der Waals surface area contributed by atoms with Gasteiger partial charge >= 0.3 is 0 Å². The lowest BCUT2D eigenvalue weighted by Gasteiger charge is -2.18. The average Bonchev–Trinajstić information content (AvgIpc) is 2.78. The van der Waals surface area contributed by atoms with Crippen LogP contribution in [0.25, 0.3) is 0 Å². The highest BCUT2D eigenvalue weighted by atomic mass is 35.5. The van der Waals surface area contributed by atoms with Gasteiger partial charge in [0.25, 0.3) is 5.91 Å². The first-order chi connectivity index (χ1) is 10.2. The number of hydrogen-bond donors (Lipinski definition) is 1. The third kappa shape index (κ3) is 4.20. The number of nitrogens with one attached hydrogen (secondary N) is 1. The minimum Gasteiger partial charge on any atom is -0.337 e. The van der Waals surface area contributed by atoms with E-state index in [2.05, 4.69) is 10.5 Å². The first-order valence-electron chi connectivity index (χ1n) is 7.00. The zero-order chi connectivity index (χ0) is 15.1. The van der Waals surface area contributed by atoms with Crippen LogP contribution >= 0.6 is 11.6 Å². The molecule has 1 aromatic rings. The number of amides is 1. The van der Waals surface area contributed by atoms with Gasteiger partial charge in [-0.25, -0.2) is 0 Å². The number of likely N-dealkylation sites (tertiary alicyclic amines) is 1. The Morgan fingerprint density at radius 3 is 2.52 bits per heavy atom. The summed E-state index contributed by atoms with van der Waals surface area (Å²) in [4.78, 5) is 14.0. The summed E-state index contributed by atoms with van der Waals surface area (Å²) in [6.07, 6.45) is 4.20. The summed E-state index contributed by atoms with van der Waals surface area (Å²) >= 11 is 5.99. The highest BCUT2D eigenvalue weighted by Gasteiger charge is 2.20. The van der Waals surface area contributed by atoms with Crippen molar-refractivity contribution in [2.45, 2.75) is 25.7 Å². The number of carbonyl (C=O) groups is 1. The molecule has 5 nitrogen and oxygen atoms in total. The van der Waals surface area contributed by atoms with Crippen LogP contribution in [-0.4, -0.2) is 29.6 Å².